The molecule has 0 bridgehead atoms. The number of hydrogen-bond donors (Lipinski definition) is 1. The Labute approximate surface area is 156 Å². The van der Waals surface area contributed by atoms with E-state index in [9.17, 15) is 9.18 Å². The highest BCUT2D eigenvalue weighted by Gasteiger charge is 2.29. The molecule has 2 aromatic rings. The van der Waals surface area contributed by atoms with Gasteiger partial charge < -0.3 is 24.6 Å². The standard InChI is InChI=1S/C19H21FN4O3/c1-13-11-23(16-5-6-21-10-15(16)20)7-8-24(13)19(25)22-9-14-3-2-4-17-18(14)27-12-26-17/h2-6,10,13H,7-9,11-12H2,1H3,(H,22,25). The summed E-state index contributed by atoms with van der Waals surface area (Å²) in [7, 11) is 0. The number of nitrogens with zero attached hydrogens (tertiary/aromatic N) is 3. The van der Waals surface area contributed by atoms with Crippen LogP contribution < -0.4 is 19.7 Å². The van der Waals surface area contributed by atoms with Gasteiger partial charge in [0.15, 0.2) is 17.3 Å². The molecule has 1 aromatic heterocycles. The van der Waals surface area contributed by atoms with Crippen LogP contribution in [0, 0.1) is 5.82 Å². The highest BCUT2D eigenvalue weighted by atomic mass is 19.1. The second-order valence-corrected chi connectivity index (χ2v) is 6.63. The summed E-state index contributed by atoms with van der Waals surface area (Å²) in [6, 6.07) is 7.09. The highest BCUT2D eigenvalue weighted by molar-refractivity contribution is 5.75. The summed E-state index contributed by atoms with van der Waals surface area (Å²) < 4.78 is 24.8. The van der Waals surface area contributed by atoms with Gasteiger partial charge in [-0.2, -0.15) is 0 Å². The number of piperazine rings is 1. The van der Waals surface area contributed by atoms with Crippen molar-refractivity contribution in [1.29, 1.82) is 0 Å². The number of aromatic nitrogens is 1. The quantitative estimate of drug-likeness (QED) is 0.896. The van der Waals surface area contributed by atoms with Gasteiger partial charge in [-0.05, 0) is 19.1 Å². The SMILES string of the molecule is CC1CN(c2ccncc2F)CCN1C(=O)NCc1cccc2c1OCO2. The van der Waals surface area contributed by atoms with Crippen LogP contribution in [0.4, 0.5) is 14.9 Å². The molecule has 0 saturated carbocycles. The summed E-state index contributed by atoms with van der Waals surface area (Å²) in [4.78, 5) is 20.1. The number of pyridine rings is 1. The summed E-state index contributed by atoms with van der Waals surface area (Å²) in [6.07, 6.45) is 2.79. The molecule has 7 nitrogen and oxygen atoms in total. The minimum absolute atomic E-state index is 0.0487. The molecule has 1 fully saturated rings. The van der Waals surface area contributed by atoms with Crippen molar-refractivity contribution in [3.63, 3.8) is 0 Å². The number of halogens is 1. The van der Waals surface area contributed by atoms with Crippen molar-refractivity contribution in [2.24, 2.45) is 0 Å². The predicted molar refractivity (Wildman–Crippen MR) is 97.4 cm³/mol. The molecule has 1 N–H and O–H groups in total. The third-order valence-corrected chi connectivity index (χ3v) is 4.89. The van der Waals surface area contributed by atoms with Crippen molar-refractivity contribution in [2.75, 3.05) is 31.3 Å². The lowest BCUT2D eigenvalue weighted by Gasteiger charge is -2.40. The Kier molecular flexibility index (Phi) is 4.70. The van der Waals surface area contributed by atoms with Gasteiger partial charge in [0.05, 0.1) is 11.9 Å². The number of ether oxygens (including phenoxy) is 2. The molecule has 1 aromatic carbocycles. The molecular weight excluding hydrogens is 351 g/mol. The van der Waals surface area contributed by atoms with Crippen LogP contribution in [0.1, 0.15) is 12.5 Å². The Balaban J connectivity index is 1.36. The first kappa shape index (κ1) is 17.4. The van der Waals surface area contributed by atoms with Crippen molar-refractivity contribution < 1.29 is 18.7 Å². The van der Waals surface area contributed by atoms with Crippen molar-refractivity contribution in [3.8, 4) is 11.5 Å². The molecule has 0 spiro atoms. The average molecular weight is 372 g/mol. The van der Waals surface area contributed by atoms with Crippen LogP contribution in [0.2, 0.25) is 0 Å². The Bertz CT molecular complexity index is 847. The lowest BCUT2D eigenvalue weighted by molar-refractivity contribution is 0.169. The fourth-order valence-electron chi connectivity index (χ4n) is 3.50. The fraction of sp³-hybridized carbons (Fsp3) is 0.368. The zero-order valence-corrected chi connectivity index (χ0v) is 15.0. The molecule has 27 heavy (non-hydrogen) atoms. The number of benzene rings is 1. The lowest BCUT2D eigenvalue weighted by atomic mass is 10.1. The third kappa shape index (κ3) is 3.47. The van der Waals surface area contributed by atoms with E-state index in [0.29, 0.717) is 43.4 Å². The van der Waals surface area contributed by atoms with Gasteiger partial charge in [0, 0.05) is 44.0 Å². The minimum atomic E-state index is -0.345. The second-order valence-electron chi connectivity index (χ2n) is 6.63. The van der Waals surface area contributed by atoms with Crippen LogP contribution in [0.3, 0.4) is 0 Å². The van der Waals surface area contributed by atoms with Crippen molar-refractivity contribution in [1.82, 2.24) is 15.2 Å². The monoisotopic (exact) mass is 372 g/mol. The number of amides is 2. The van der Waals surface area contributed by atoms with Gasteiger partial charge in [-0.15, -0.1) is 0 Å². The van der Waals surface area contributed by atoms with Crippen LogP contribution in [0.25, 0.3) is 0 Å². The summed E-state index contributed by atoms with van der Waals surface area (Å²) in [5.74, 6) is 1.04. The Morgan fingerprint density at radius 2 is 2.22 bits per heavy atom. The fourth-order valence-corrected chi connectivity index (χ4v) is 3.50. The van der Waals surface area contributed by atoms with Crippen molar-refractivity contribution in [3.05, 3.63) is 48.0 Å². The number of nitrogens with one attached hydrogen (secondary N) is 1. The van der Waals surface area contributed by atoms with E-state index >= 15 is 0 Å². The number of anilines is 1. The van der Waals surface area contributed by atoms with E-state index in [-0.39, 0.29) is 24.7 Å². The molecule has 0 aliphatic carbocycles. The van der Waals surface area contributed by atoms with Crippen LogP contribution >= 0.6 is 0 Å². The maximum atomic E-state index is 14.0. The van der Waals surface area contributed by atoms with Crippen LogP contribution in [0.15, 0.2) is 36.7 Å². The number of carbonyl (C=O) groups is 1. The maximum Gasteiger partial charge on any atom is 0.318 e. The molecule has 0 radical (unpaired) electrons. The van der Waals surface area contributed by atoms with Crippen molar-refractivity contribution >= 4 is 11.7 Å². The van der Waals surface area contributed by atoms with E-state index in [4.69, 9.17) is 9.47 Å². The number of fused-ring (bicyclic) bond motifs is 1. The summed E-state index contributed by atoms with van der Waals surface area (Å²) in [5.41, 5.74) is 1.40. The molecule has 4 rings (SSSR count). The van der Waals surface area contributed by atoms with Gasteiger partial charge in [0.2, 0.25) is 6.79 Å². The lowest BCUT2D eigenvalue weighted by Crippen LogP contribution is -2.56. The first-order valence-corrected chi connectivity index (χ1v) is 8.90. The van der Waals surface area contributed by atoms with Gasteiger partial charge in [0.1, 0.15) is 0 Å². The van der Waals surface area contributed by atoms with E-state index in [2.05, 4.69) is 10.3 Å². The molecule has 2 amide bonds. The van der Waals surface area contributed by atoms with Gasteiger partial charge in [-0.1, -0.05) is 12.1 Å². The van der Waals surface area contributed by atoms with Gasteiger partial charge in [-0.3, -0.25) is 4.98 Å². The number of hydrogen-bond acceptors (Lipinski definition) is 5. The van der Waals surface area contributed by atoms with Crippen LogP contribution in [0.5, 0.6) is 11.5 Å². The maximum absolute atomic E-state index is 14.0. The number of rotatable bonds is 3. The Hall–Kier alpha value is -3.03. The number of para-hydroxylation sites is 1. The Morgan fingerprint density at radius 3 is 3.04 bits per heavy atom. The molecule has 2 aliphatic heterocycles. The highest BCUT2D eigenvalue weighted by Crippen LogP contribution is 2.35. The first-order valence-electron chi connectivity index (χ1n) is 8.90. The second kappa shape index (κ2) is 7.30. The van der Waals surface area contributed by atoms with E-state index in [1.54, 1.807) is 17.2 Å². The molecular formula is C19H21FN4O3. The van der Waals surface area contributed by atoms with Gasteiger partial charge >= 0.3 is 6.03 Å². The van der Waals surface area contributed by atoms with E-state index in [1.807, 2.05) is 30.0 Å². The molecule has 3 heterocycles. The molecule has 1 unspecified atom stereocenters. The van der Waals surface area contributed by atoms with Crippen molar-refractivity contribution in [2.45, 2.75) is 19.5 Å². The molecule has 1 saturated heterocycles. The first-order chi connectivity index (χ1) is 13.1. The molecule has 142 valence electrons. The van der Waals surface area contributed by atoms with Gasteiger partial charge in [-0.25, -0.2) is 9.18 Å². The molecule has 8 heteroatoms. The average Bonchev–Trinajstić information content (AvgIpc) is 3.16. The summed E-state index contributed by atoms with van der Waals surface area (Å²) in [5, 5.41) is 2.94. The smallest absolute Gasteiger partial charge is 0.318 e. The topological polar surface area (TPSA) is 66.9 Å². The molecule has 1 atom stereocenters. The Morgan fingerprint density at radius 1 is 1.33 bits per heavy atom. The zero-order valence-electron chi connectivity index (χ0n) is 15.0. The number of carbonyl (C=O) groups excluding carboxylic acids is 1. The van der Waals surface area contributed by atoms with E-state index in [0.717, 1.165) is 5.56 Å². The van der Waals surface area contributed by atoms with Crippen LogP contribution in [-0.4, -0.2) is 48.4 Å². The normalized spacial score (nSPS) is 18.5. The van der Waals surface area contributed by atoms with Crippen LogP contribution in [-0.2, 0) is 6.54 Å². The summed E-state index contributed by atoms with van der Waals surface area (Å²) >= 11 is 0. The molecule has 2 aliphatic rings. The summed E-state index contributed by atoms with van der Waals surface area (Å²) in [6.45, 7) is 4.16. The van der Waals surface area contributed by atoms with E-state index < -0.39 is 0 Å². The predicted octanol–water partition coefficient (Wildman–Crippen LogP) is 2.37. The largest absolute Gasteiger partial charge is 0.454 e. The zero-order chi connectivity index (χ0) is 18.8. The van der Waals surface area contributed by atoms with E-state index in [1.165, 1.54) is 6.20 Å². The minimum Gasteiger partial charge on any atom is -0.454 e. The third-order valence-electron chi connectivity index (χ3n) is 4.89. The van der Waals surface area contributed by atoms with Gasteiger partial charge in [0.25, 0.3) is 0 Å². The number of urea groups is 1.